The summed E-state index contributed by atoms with van der Waals surface area (Å²) >= 11 is 0. The van der Waals surface area contributed by atoms with Crippen LogP contribution in [0.3, 0.4) is 0 Å². The summed E-state index contributed by atoms with van der Waals surface area (Å²) in [5.41, 5.74) is 2.01. The van der Waals surface area contributed by atoms with Crippen molar-refractivity contribution < 1.29 is 9.59 Å². The predicted octanol–water partition coefficient (Wildman–Crippen LogP) is 4.62. The van der Waals surface area contributed by atoms with Crippen molar-refractivity contribution in [3.63, 3.8) is 0 Å². The van der Waals surface area contributed by atoms with Gasteiger partial charge in [-0.2, -0.15) is 10.1 Å². The number of hydrazone groups is 1. The van der Waals surface area contributed by atoms with E-state index in [1.807, 2.05) is 84.9 Å². The maximum Gasteiger partial charge on any atom is 0.300 e. The van der Waals surface area contributed by atoms with Gasteiger partial charge in [0.1, 0.15) is 5.71 Å². The molecule has 180 valence electrons. The van der Waals surface area contributed by atoms with E-state index < -0.39 is 5.66 Å². The lowest BCUT2D eigenvalue weighted by Gasteiger charge is -2.32. The third-order valence-corrected chi connectivity index (χ3v) is 6.09. The van der Waals surface area contributed by atoms with Gasteiger partial charge in [-0.05, 0) is 50.2 Å². The molecule has 7 heteroatoms. The minimum absolute atomic E-state index is 0.227. The normalized spacial score (nSPS) is 17.2. The highest BCUT2D eigenvalue weighted by atomic mass is 16.2. The van der Waals surface area contributed by atoms with E-state index >= 15 is 0 Å². The maximum atomic E-state index is 14.1. The third-order valence-electron chi connectivity index (χ3n) is 6.09. The van der Waals surface area contributed by atoms with Crippen molar-refractivity contribution in [2.75, 3.05) is 28.3 Å². The van der Waals surface area contributed by atoms with E-state index in [1.165, 1.54) is 5.01 Å². The quantitative estimate of drug-likeness (QED) is 0.449. The Kier molecular flexibility index (Phi) is 7.15. The van der Waals surface area contributed by atoms with Gasteiger partial charge < -0.3 is 15.5 Å². The fraction of sp³-hybridized carbons (Fsp3) is 0.250. The minimum Gasteiger partial charge on any atom is -0.372 e. The lowest BCUT2D eigenvalue weighted by molar-refractivity contribution is -0.127. The number of amides is 2. The van der Waals surface area contributed by atoms with Crippen molar-refractivity contribution in [3.05, 3.63) is 90.5 Å². The van der Waals surface area contributed by atoms with Crippen LogP contribution < -0.4 is 20.5 Å². The van der Waals surface area contributed by atoms with Gasteiger partial charge in [0, 0.05) is 36.4 Å². The number of nitrogens with one attached hydrogen (secondary N) is 2. The molecule has 35 heavy (non-hydrogen) atoms. The van der Waals surface area contributed by atoms with E-state index in [2.05, 4.69) is 29.4 Å². The molecule has 4 rings (SSSR count). The van der Waals surface area contributed by atoms with Gasteiger partial charge in [-0.15, -0.1) is 0 Å². The van der Waals surface area contributed by atoms with Gasteiger partial charge in [-0.25, -0.2) is 0 Å². The zero-order valence-corrected chi connectivity index (χ0v) is 20.4. The smallest absolute Gasteiger partial charge is 0.300 e. The van der Waals surface area contributed by atoms with E-state index in [-0.39, 0.29) is 18.2 Å². The first kappa shape index (κ1) is 24.0. The van der Waals surface area contributed by atoms with Crippen molar-refractivity contribution in [2.45, 2.75) is 32.9 Å². The largest absolute Gasteiger partial charge is 0.372 e. The van der Waals surface area contributed by atoms with Gasteiger partial charge in [0.2, 0.25) is 11.6 Å². The summed E-state index contributed by atoms with van der Waals surface area (Å²) in [7, 11) is 0. The highest BCUT2D eigenvalue weighted by Gasteiger charge is 2.53. The molecule has 3 aromatic rings. The second-order valence-electron chi connectivity index (χ2n) is 8.26. The molecule has 0 aromatic heterocycles. The number of nitrogens with zero attached hydrogens (tertiary/aromatic N) is 3. The second kappa shape index (κ2) is 10.4. The average molecular weight is 470 g/mol. The zero-order valence-electron chi connectivity index (χ0n) is 20.4. The number of benzene rings is 3. The SMILES string of the molecule is CCC(=O)NC1(Nc2ccc(N(CC)CC)cc2)C(=O)N(c2ccccc2)N=C1c1ccccc1. The summed E-state index contributed by atoms with van der Waals surface area (Å²) in [6, 6.07) is 26.6. The summed E-state index contributed by atoms with van der Waals surface area (Å²) in [5, 5.41) is 12.4. The molecule has 7 nitrogen and oxygen atoms in total. The van der Waals surface area contributed by atoms with Gasteiger partial charge in [-0.3, -0.25) is 9.59 Å². The molecule has 0 spiro atoms. The molecule has 1 aliphatic rings. The first-order valence-corrected chi connectivity index (χ1v) is 12.0. The lowest BCUT2D eigenvalue weighted by Crippen LogP contribution is -2.65. The summed E-state index contributed by atoms with van der Waals surface area (Å²) in [6.07, 6.45) is 0.227. The number of rotatable bonds is 9. The van der Waals surface area contributed by atoms with Crippen LogP contribution in [0.4, 0.5) is 17.1 Å². The van der Waals surface area contributed by atoms with Crippen molar-refractivity contribution >= 4 is 34.6 Å². The molecular weight excluding hydrogens is 438 g/mol. The fourth-order valence-electron chi connectivity index (χ4n) is 4.21. The Morgan fingerprint density at radius 1 is 0.886 bits per heavy atom. The van der Waals surface area contributed by atoms with Crippen LogP contribution in [0.2, 0.25) is 0 Å². The molecular formula is C28H31N5O2. The molecule has 0 saturated carbocycles. The van der Waals surface area contributed by atoms with E-state index in [0.29, 0.717) is 17.1 Å². The van der Waals surface area contributed by atoms with E-state index in [1.54, 1.807) is 6.92 Å². The minimum atomic E-state index is -1.57. The molecule has 0 bridgehead atoms. The van der Waals surface area contributed by atoms with Gasteiger partial charge >= 0.3 is 5.91 Å². The van der Waals surface area contributed by atoms with Crippen LogP contribution in [-0.4, -0.2) is 36.3 Å². The van der Waals surface area contributed by atoms with Crippen LogP contribution in [-0.2, 0) is 9.59 Å². The summed E-state index contributed by atoms with van der Waals surface area (Å²) in [6.45, 7) is 7.78. The highest BCUT2D eigenvalue weighted by molar-refractivity contribution is 6.30. The Hall–Kier alpha value is -4.13. The molecule has 0 saturated heterocycles. The maximum absolute atomic E-state index is 14.1. The number of carbonyl (C=O) groups excluding carboxylic acids is 2. The van der Waals surface area contributed by atoms with Crippen LogP contribution in [0.1, 0.15) is 32.8 Å². The molecule has 1 aliphatic heterocycles. The monoisotopic (exact) mass is 469 g/mol. The Morgan fingerprint density at radius 3 is 2.06 bits per heavy atom. The Morgan fingerprint density at radius 2 is 1.49 bits per heavy atom. The zero-order chi connectivity index (χ0) is 24.8. The summed E-state index contributed by atoms with van der Waals surface area (Å²) in [4.78, 5) is 29.1. The fourth-order valence-corrected chi connectivity index (χ4v) is 4.21. The van der Waals surface area contributed by atoms with Gasteiger partial charge in [0.15, 0.2) is 0 Å². The van der Waals surface area contributed by atoms with Crippen molar-refractivity contribution in [2.24, 2.45) is 5.10 Å². The number of para-hydroxylation sites is 1. The number of anilines is 3. The molecule has 3 aromatic carbocycles. The van der Waals surface area contributed by atoms with E-state index in [4.69, 9.17) is 5.10 Å². The van der Waals surface area contributed by atoms with E-state index in [0.717, 1.165) is 24.3 Å². The van der Waals surface area contributed by atoms with Gasteiger partial charge in [-0.1, -0.05) is 55.5 Å². The highest BCUT2D eigenvalue weighted by Crippen LogP contribution is 2.31. The molecule has 1 heterocycles. The van der Waals surface area contributed by atoms with Crippen LogP contribution in [0.15, 0.2) is 90.0 Å². The number of hydrogen-bond donors (Lipinski definition) is 2. The first-order valence-electron chi connectivity index (χ1n) is 12.0. The predicted molar refractivity (Wildman–Crippen MR) is 142 cm³/mol. The summed E-state index contributed by atoms with van der Waals surface area (Å²) < 4.78 is 0. The molecule has 2 amide bonds. The average Bonchev–Trinajstić information content (AvgIpc) is 3.18. The van der Waals surface area contributed by atoms with Crippen LogP contribution in [0.5, 0.6) is 0 Å². The van der Waals surface area contributed by atoms with Gasteiger partial charge in [0.25, 0.3) is 0 Å². The van der Waals surface area contributed by atoms with Gasteiger partial charge in [0.05, 0.1) is 5.69 Å². The van der Waals surface area contributed by atoms with E-state index in [9.17, 15) is 9.59 Å². The molecule has 0 fully saturated rings. The van der Waals surface area contributed by atoms with Crippen molar-refractivity contribution in [1.82, 2.24) is 5.32 Å². The van der Waals surface area contributed by atoms with Crippen molar-refractivity contribution in [3.8, 4) is 0 Å². The second-order valence-corrected chi connectivity index (χ2v) is 8.26. The Labute approximate surface area is 206 Å². The number of hydrogen-bond acceptors (Lipinski definition) is 5. The summed E-state index contributed by atoms with van der Waals surface area (Å²) in [5.74, 6) is -0.638. The Balaban J connectivity index is 1.81. The standard InChI is InChI=1S/C28H31N5O2/c1-4-25(34)30-28(29-22-17-19-23(20-18-22)32(5-2)6-3)26(21-13-9-7-10-14-21)31-33(27(28)35)24-15-11-8-12-16-24/h7-20,29H,4-6H2,1-3H3,(H,30,34). The third kappa shape index (κ3) is 4.75. The molecule has 1 atom stereocenters. The van der Waals surface area contributed by atoms with Crippen LogP contribution in [0, 0.1) is 0 Å². The van der Waals surface area contributed by atoms with Crippen LogP contribution in [0.25, 0.3) is 0 Å². The first-order chi connectivity index (χ1) is 17.0. The molecule has 0 radical (unpaired) electrons. The number of carbonyl (C=O) groups is 2. The lowest BCUT2D eigenvalue weighted by atomic mass is 9.95. The van der Waals surface area contributed by atoms with Crippen LogP contribution >= 0.6 is 0 Å². The van der Waals surface area contributed by atoms with Crippen molar-refractivity contribution in [1.29, 1.82) is 0 Å². The topological polar surface area (TPSA) is 77.0 Å². The molecule has 1 unspecified atom stereocenters. The Bertz CT molecular complexity index is 1190. The molecule has 2 N–H and O–H groups in total. The molecule has 0 aliphatic carbocycles.